The number of amides is 1. The van der Waals surface area contributed by atoms with Gasteiger partial charge in [0, 0.05) is 15.5 Å². The summed E-state index contributed by atoms with van der Waals surface area (Å²) < 4.78 is 11.3. The first-order valence-electron chi connectivity index (χ1n) is 10.5. The Morgan fingerprint density at radius 3 is 2.91 bits per heavy atom. The normalized spacial score (nSPS) is 15.4. The molecule has 1 aliphatic rings. The van der Waals surface area contributed by atoms with Gasteiger partial charge in [0.1, 0.15) is 6.61 Å². The lowest BCUT2D eigenvalue weighted by Gasteiger charge is -2.16. The van der Waals surface area contributed by atoms with Crippen LogP contribution in [0.3, 0.4) is 0 Å². The van der Waals surface area contributed by atoms with E-state index in [1.54, 1.807) is 24.7 Å². The molecule has 0 bridgehead atoms. The van der Waals surface area contributed by atoms with E-state index in [1.807, 2.05) is 48.5 Å². The fourth-order valence-electron chi connectivity index (χ4n) is 3.69. The van der Waals surface area contributed by atoms with Crippen molar-refractivity contribution >= 4 is 35.1 Å². The number of fused-ring (bicyclic) bond motifs is 1. The smallest absolute Gasteiger partial charge is 0.281 e. The third-order valence-electron chi connectivity index (χ3n) is 5.46. The maximum absolute atomic E-state index is 12.5. The molecule has 1 heterocycles. The summed E-state index contributed by atoms with van der Waals surface area (Å²) in [7, 11) is 1.58. The molecule has 0 radical (unpaired) electrons. The highest BCUT2D eigenvalue weighted by atomic mass is 35.5. The lowest BCUT2D eigenvalue weighted by molar-refractivity contribution is 0.0959. The van der Waals surface area contributed by atoms with Gasteiger partial charge in [-0.2, -0.15) is 5.10 Å². The van der Waals surface area contributed by atoms with E-state index in [0.717, 1.165) is 24.0 Å². The van der Waals surface area contributed by atoms with Gasteiger partial charge in [-0.3, -0.25) is 4.79 Å². The zero-order valence-corrected chi connectivity index (χ0v) is 19.6. The van der Waals surface area contributed by atoms with Gasteiger partial charge >= 0.3 is 0 Å². The highest BCUT2D eigenvalue weighted by Gasteiger charge is 2.20. The van der Waals surface area contributed by atoms with E-state index in [9.17, 15) is 4.79 Å². The van der Waals surface area contributed by atoms with Gasteiger partial charge in [-0.15, -0.1) is 11.3 Å². The number of aryl methyl sites for hydroxylation is 1. The molecule has 7 heteroatoms. The molecule has 1 N–H and O–H groups in total. The number of benzene rings is 2. The molecular weight excluding hydrogens is 444 g/mol. The lowest BCUT2D eigenvalue weighted by Crippen LogP contribution is -2.16. The summed E-state index contributed by atoms with van der Waals surface area (Å²) in [5.74, 6) is 1.68. The fourth-order valence-corrected chi connectivity index (χ4v) is 4.98. The van der Waals surface area contributed by atoms with Gasteiger partial charge in [0.25, 0.3) is 5.91 Å². The Morgan fingerprint density at radius 2 is 2.09 bits per heavy atom. The molecule has 1 aromatic heterocycles. The van der Waals surface area contributed by atoms with Crippen molar-refractivity contribution in [3.8, 4) is 11.5 Å². The predicted octanol–water partition coefficient (Wildman–Crippen LogP) is 5.88. The maximum Gasteiger partial charge on any atom is 0.281 e. The third kappa shape index (κ3) is 5.31. The summed E-state index contributed by atoms with van der Waals surface area (Å²) in [5, 5.41) is 4.78. The van der Waals surface area contributed by atoms with Crippen LogP contribution < -0.4 is 14.9 Å². The quantitative estimate of drug-likeness (QED) is 0.348. The first kappa shape index (κ1) is 22.4. The molecule has 0 aliphatic heterocycles. The fraction of sp³-hybridized carbons (Fsp3) is 0.280. The van der Waals surface area contributed by atoms with E-state index in [0.29, 0.717) is 33.9 Å². The van der Waals surface area contributed by atoms with Crippen molar-refractivity contribution in [2.24, 2.45) is 11.0 Å². The Morgan fingerprint density at radius 1 is 1.25 bits per heavy atom. The molecule has 4 rings (SSSR count). The van der Waals surface area contributed by atoms with Gasteiger partial charge in [0.05, 0.1) is 18.2 Å². The van der Waals surface area contributed by atoms with Crippen LogP contribution in [0, 0.1) is 5.92 Å². The van der Waals surface area contributed by atoms with Crippen molar-refractivity contribution in [2.75, 3.05) is 7.11 Å². The zero-order chi connectivity index (χ0) is 22.5. The summed E-state index contributed by atoms with van der Waals surface area (Å²) in [6.07, 6.45) is 4.88. The van der Waals surface area contributed by atoms with Crippen LogP contribution in [0.5, 0.6) is 11.5 Å². The largest absolute Gasteiger partial charge is 0.493 e. The second-order valence-corrected chi connectivity index (χ2v) is 9.44. The van der Waals surface area contributed by atoms with E-state index in [-0.39, 0.29) is 5.91 Å². The first-order valence-corrected chi connectivity index (χ1v) is 11.7. The Kier molecular flexibility index (Phi) is 7.12. The molecule has 1 atom stereocenters. The van der Waals surface area contributed by atoms with Crippen LogP contribution >= 0.6 is 22.9 Å². The van der Waals surface area contributed by atoms with Crippen molar-refractivity contribution in [3.05, 3.63) is 80.0 Å². The van der Waals surface area contributed by atoms with E-state index in [2.05, 4.69) is 17.5 Å². The minimum atomic E-state index is -0.181. The molecule has 1 aliphatic carbocycles. The van der Waals surface area contributed by atoms with Crippen LogP contribution in [-0.2, 0) is 19.4 Å². The molecule has 32 heavy (non-hydrogen) atoms. The Balaban J connectivity index is 1.37. The number of ether oxygens (including phenoxy) is 2. The Hall–Kier alpha value is -2.83. The van der Waals surface area contributed by atoms with Crippen molar-refractivity contribution in [2.45, 2.75) is 32.8 Å². The zero-order valence-electron chi connectivity index (χ0n) is 18.1. The average molecular weight is 469 g/mol. The number of halogens is 1. The predicted molar refractivity (Wildman–Crippen MR) is 129 cm³/mol. The summed E-state index contributed by atoms with van der Waals surface area (Å²) in [5.41, 5.74) is 5.61. The summed E-state index contributed by atoms with van der Waals surface area (Å²) in [4.78, 5) is 14.5. The molecular formula is C25H25ClN2O3S. The second kappa shape index (κ2) is 10.2. The van der Waals surface area contributed by atoms with E-state index < -0.39 is 0 Å². The monoisotopic (exact) mass is 468 g/mol. The number of thiophene rings is 1. The number of carbonyl (C=O) groups is 1. The molecule has 0 saturated carbocycles. The van der Waals surface area contributed by atoms with Crippen molar-refractivity contribution in [3.63, 3.8) is 0 Å². The molecule has 0 saturated heterocycles. The van der Waals surface area contributed by atoms with Gasteiger partial charge in [0.15, 0.2) is 11.5 Å². The average Bonchev–Trinajstić information content (AvgIpc) is 3.22. The lowest BCUT2D eigenvalue weighted by atomic mass is 9.90. The number of hydrazone groups is 1. The van der Waals surface area contributed by atoms with Gasteiger partial charge in [-0.25, -0.2) is 5.43 Å². The number of hydrogen-bond donors (Lipinski definition) is 1. The van der Waals surface area contributed by atoms with Gasteiger partial charge < -0.3 is 9.47 Å². The van der Waals surface area contributed by atoms with Crippen molar-refractivity contribution in [1.82, 2.24) is 5.43 Å². The molecule has 1 amide bonds. The van der Waals surface area contributed by atoms with Gasteiger partial charge in [-0.05, 0) is 66.6 Å². The Labute approximate surface area is 197 Å². The number of nitrogens with one attached hydrogen (secondary N) is 1. The molecule has 0 unspecified atom stereocenters. The molecule has 3 aromatic rings. The number of nitrogens with zero attached hydrogens (tertiary/aromatic N) is 1. The van der Waals surface area contributed by atoms with Crippen LogP contribution in [0.25, 0.3) is 0 Å². The first-order chi connectivity index (χ1) is 15.5. The third-order valence-corrected chi connectivity index (χ3v) is 7.07. The molecule has 5 nitrogen and oxygen atoms in total. The standard InChI is InChI=1S/C25H25ClN2O3S/c1-16-7-10-23-19(11-16)13-24(32-23)25(29)28-27-14-17-8-9-21(22(12-17)30-2)31-15-18-5-3-4-6-20(18)26/h3-6,8-9,12-14,16H,7,10-11,15H2,1-2H3,(H,28,29)/b27-14-/t16-/m1/s1. The van der Waals surface area contributed by atoms with Crippen LogP contribution in [0.15, 0.2) is 53.6 Å². The SMILES string of the molecule is COc1cc(/C=N\NC(=O)c2cc3c(s2)CC[C@@H](C)C3)ccc1OCc1ccccc1Cl. The number of methoxy groups -OCH3 is 1. The molecule has 166 valence electrons. The number of carbonyl (C=O) groups excluding carboxylic acids is 1. The summed E-state index contributed by atoms with van der Waals surface area (Å²) in [6, 6.07) is 15.0. The molecule has 0 fully saturated rings. The Bertz CT molecular complexity index is 1140. The minimum absolute atomic E-state index is 0.181. The van der Waals surface area contributed by atoms with Crippen molar-refractivity contribution < 1.29 is 14.3 Å². The van der Waals surface area contributed by atoms with Crippen LogP contribution in [0.4, 0.5) is 0 Å². The van der Waals surface area contributed by atoms with E-state index in [4.69, 9.17) is 21.1 Å². The van der Waals surface area contributed by atoms with E-state index in [1.165, 1.54) is 16.9 Å². The van der Waals surface area contributed by atoms with Crippen LogP contribution in [0.2, 0.25) is 5.02 Å². The molecule has 0 spiro atoms. The second-order valence-electron chi connectivity index (χ2n) is 7.90. The van der Waals surface area contributed by atoms with E-state index >= 15 is 0 Å². The van der Waals surface area contributed by atoms with Crippen LogP contribution in [0.1, 0.15) is 44.6 Å². The highest BCUT2D eigenvalue weighted by Crippen LogP contribution is 2.32. The highest BCUT2D eigenvalue weighted by molar-refractivity contribution is 7.14. The maximum atomic E-state index is 12.5. The number of rotatable bonds is 7. The summed E-state index contributed by atoms with van der Waals surface area (Å²) >= 11 is 7.76. The molecule has 2 aromatic carbocycles. The minimum Gasteiger partial charge on any atom is -0.493 e. The summed E-state index contributed by atoms with van der Waals surface area (Å²) in [6.45, 7) is 2.59. The van der Waals surface area contributed by atoms with Gasteiger partial charge in [-0.1, -0.05) is 36.7 Å². The van der Waals surface area contributed by atoms with Gasteiger partial charge in [0.2, 0.25) is 0 Å². The van der Waals surface area contributed by atoms with Crippen LogP contribution in [-0.4, -0.2) is 19.2 Å². The van der Waals surface area contributed by atoms with Crippen molar-refractivity contribution in [1.29, 1.82) is 0 Å². The topological polar surface area (TPSA) is 59.9 Å². The number of hydrogen-bond acceptors (Lipinski definition) is 5.